The van der Waals surface area contributed by atoms with Gasteiger partial charge in [-0.25, -0.2) is 4.79 Å². The second kappa shape index (κ2) is 14.2. The Balaban J connectivity index is 3.60. The maximum absolute atomic E-state index is 14.1. The number of aryl methyl sites for hydroxylation is 2. The smallest absolute Gasteiger partial charge is 0.408 e. The number of unbranched alkanes of at least 4 members (excludes halogenated alkanes) is 2. The highest BCUT2D eigenvalue weighted by Crippen LogP contribution is 2.28. The van der Waals surface area contributed by atoms with Crippen LogP contribution in [0.25, 0.3) is 0 Å². The second-order valence-electron chi connectivity index (χ2n) is 11.9. The van der Waals surface area contributed by atoms with Gasteiger partial charge in [-0.3, -0.25) is 14.4 Å². The lowest BCUT2D eigenvalue weighted by Gasteiger charge is -2.36. The van der Waals surface area contributed by atoms with Gasteiger partial charge in [0.05, 0.1) is 0 Å². The van der Waals surface area contributed by atoms with Crippen molar-refractivity contribution in [3.05, 3.63) is 34.9 Å². The minimum absolute atomic E-state index is 0.0157. The van der Waals surface area contributed by atoms with Crippen molar-refractivity contribution >= 4 is 23.8 Å². The van der Waals surface area contributed by atoms with Crippen LogP contribution in [-0.2, 0) is 19.1 Å². The Kier molecular flexibility index (Phi) is 12.3. The number of carbonyl (C=O) groups is 4. The molecule has 1 aromatic rings. The third-order valence-corrected chi connectivity index (χ3v) is 5.73. The van der Waals surface area contributed by atoms with Gasteiger partial charge in [0.2, 0.25) is 17.7 Å². The summed E-state index contributed by atoms with van der Waals surface area (Å²) < 4.78 is 5.38. The number of amides is 4. The normalized spacial score (nSPS) is 13.3. The number of hydrogen-bond acceptors (Lipinski definition) is 5. The molecule has 0 aliphatic heterocycles. The Morgan fingerprint density at radius 1 is 1.03 bits per heavy atom. The first-order valence-corrected chi connectivity index (χ1v) is 13.4. The molecule has 9 nitrogen and oxygen atoms in total. The van der Waals surface area contributed by atoms with Crippen molar-refractivity contribution in [2.45, 2.75) is 118 Å². The van der Waals surface area contributed by atoms with E-state index in [1.54, 1.807) is 20.8 Å². The Hall–Kier alpha value is -3.10. The standard InChI is InChI=1S/C29H48N4O5/c1-10-11-12-17-33(26(36)22(15-16-23(30)34)31-27(37)38-29(7,8)9)24(25(35)32-28(4,5)6)21-14-13-19(2)18-20(21)3/h13-14,18,22,24H,10-12,15-17H2,1-9H3,(H2,30,34)(H,31,37)(H,32,35). The number of benzene rings is 1. The molecule has 0 bridgehead atoms. The van der Waals surface area contributed by atoms with E-state index in [2.05, 4.69) is 17.6 Å². The third kappa shape index (κ3) is 11.5. The number of rotatable bonds is 12. The van der Waals surface area contributed by atoms with Crippen LogP contribution in [0.5, 0.6) is 0 Å². The summed E-state index contributed by atoms with van der Waals surface area (Å²) >= 11 is 0. The maximum atomic E-state index is 14.1. The molecule has 0 radical (unpaired) electrons. The van der Waals surface area contributed by atoms with Gasteiger partial charge in [0, 0.05) is 18.5 Å². The average molecular weight is 533 g/mol. The fourth-order valence-electron chi connectivity index (χ4n) is 4.11. The molecule has 0 aliphatic carbocycles. The van der Waals surface area contributed by atoms with E-state index in [4.69, 9.17) is 10.5 Å². The molecule has 4 N–H and O–H groups in total. The maximum Gasteiger partial charge on any atom is 0.408 e. The van der Waals surface area contributed by atoms with E-state index < -0.39 is 41.1 Å². The zero-order valence-electron chi connectivity index (χ0n) is 24.7. The molecule has 214 valence electrons. The summed E-state index contributed by atoms with van der Waals surface area (Å²) in [6, 6.07) is 3.73. The fraction of sp³-hybridized carbons (Fsp3) is 0.655. The highest BCUT2D eigenvalue weighted by Gasteiger charge is 2.37. The molecule has 4 amide bonds. The van der Waals surface area contributed by atoms with Gasteiger partial charge in [0.15, 0.2) is 0 Å². The molecule has 1 rings (SSSR count). The van der Waals surface area contributed by atoms with Crippen molar-refractivity contribution in [3.8, 4) is 0 Å². The summed E-state index contributed by atoms with van der Waals surface area (Å²) in [5, 5.41) is 5.65. The minimum atomic E-state index is -1.10. The second-order valence-corrected chi connectivity index (χ2v) is 11.9. The number of nitrogens with zero attached hydrogens (tertiary/aromatic N) is 1. The topological polar surface area (TPSA) is 131 Å². The van der Waals surface area contributed by atoms with Gasteiger partial charge in [-0.2, -0.15) is 0 Å². The van der Waals surface area contributed by atoms with Gasteiger partial charge in [0.25, 0.3) is 0 Å². The van der Waals surface area contributed by atoms with Crippen molar-refractivity contribution in [1.29, 1.82) is 0 Å². The lowest BCUT2D eigenvalue weighted by Crippen LogP contribution is -2.55. The third-order valence-electron chi connectivity index (χ3n) is 5.73. The zero-order chi connectivity index (χ0) is 29.3. The monoisotopic (exact) mass is 532 g/mol. The van der Waals surface area contributed by atoms with Gasteiger partial charge in [-0.05, 0) is 79.4 Å². The molecule has 0 spiro atoms. The van der Waals surface area contributed by atoms with Crippen LogP contribution in [-0.4, -0.2) is 52.4 Å². The van der Waals surface area contributed by atoms with E-state index in [0.29, 0.717) is 18.5 Å². The van der Waals surface area contributed by atoms with E-state index in [-0.39, 0.29) is 18.7 Å². The quantitative estimate of drug-likeness (QED) is 0.343. The van der Waals surface area contributed by atoms with Gasteiger partial charge in [0.1, 0.15) is 17.7 Å². The van der Waals surface area contributed by atoms with E-state index in [1.165, 1.54) is 4.90 Å². The highest BCUT2D eigenvalue weighted by atomic mass is 16.6. The number of nitrogens with two attached hydrogens (primary N) is 1. The molecule has 2 atom stereocenters. The molecule has 0 saturated heterocycles. The van der Waals surface area contributed by atoms with Crippen LogP contribution >= 0.6 is 0 Å². The van der Waals surface area contributed by atoms with E-state index in [9.17, 15) is 19.2 Å². The number of primary amides is 1. The lowest BCUT2D eigenvalue weighted by atomic mass is 9.95. The van der Waals surface area contributed by atoms with Gasteiger partial charge >= 0.3 is 6.09 Å². The molecular formula is C29H48N4O5. The summed E-state index contributed by atoms with van der Waals surface area (Å²) in [6.07, 6.45) is 1.54. The van der Waals surface area contributed by atoms with Crippen LogP contribution in [0.15, 0.2) is 18.2 Å². The molecule has 0 fully saturated rings. The number of nitrogens with one attached hydrogen (secondary N) is 2. The molecular weight excluding hydrogens is 484 g/mol. The molecule has 38 heavy (non-hydrogen) atoms. The first kappa shape index (κ1) is 32.9. The molecule has 9 heteroatoms. The predicted molar refractivity (Wildman–Crippen MR) is 149 cm³/mol. The Morgan fingerprint density at radius 2 is 1.66 bits per heavy atom. The van der Waals surface area contributed by atoms with Crippen LogP contribution in [0, 0.1) is 13.8 Å². The van der Waals surface area contributed by atoms with Crippen molar-refractivity contribution in [1.82, 2.24) is 15.5 Å². The summed E-state index contributed by atoms with van der Waals surface area (Å²) in [7, 11) is 0. The zero-order valence-corrected chi connectivity index (χ0v) is 24.7. The highest BCUT2D eigenvalue weighted by molar-refractivity contribution is 5.93. The lowest BCUT2D eigenvalue weighted by molar-refractivity contribution is -0.143. The van der Waals surface area contributed by atoms with E-state index in [0.717, 1.165) is 24.0 Å². The summed E-state index contributed by atoms with van der Waals surface area (Å²) in [5.41, 5.74) is 6.68. The Labute approximate surface area is 228 Å². The van der Waals surface area contributed by atoms with E-state index >= 15 is 0 Å². The Morgan fingerprint density at radius 3 is 2.16 bits per heavy atom. The summed E-state index contributed by atoms with van der Waals surface area (Å²) in [5.74, 6) is -1.38. The van der Waals surface area contributed by atoms with Crippen molar-refractivity contribution in [2.24, 2.45) is 5.73 Å². The first-order chi connectivity index (χ1) is 17.4. The summed E-state index contributed by atoms with van der Waals surface area (Å²) in [6.45, 7) is 17.0. The minimum Gasteiger partial charge on any atom is -0.444 e. The van der Waals surface area contributed by atoms with Crippen molar-refractivity contribution < 1.29 is 23.9 Å². The van der Waals surface area contributed by atoms with E-state index in [1.807, 2.05) is 52.8 Å². The first-order valence-electron chi connectivity index (χ1n) is 13.4. The molecule has 1 aromatic carbocycles. The van der Waals surface area contributed by atoms with Crippen LogP contribution < -0.4 is 16.4 Å². The van der Waals surface area contributed by atoms with Gasteiger partial charge in [-0.15, -0.1) is 0 Å². The SMILES string of the molecule is CCCCCN(C(=O)C(CCC(N)=O)NC(=O)OC(C)(C)C)C(C(=O)NC(C)(C)C)c1ccc(C)cc1C. The molecule has 0 aliphatic rings. The fourth-order valence-corrected chi connectivity index (χ4v) is 4.11. The number of hydrogen-bond donors (Lipinski definition) is 3. The Bertz CT molecular complexity index is 978. The number of ether oxygens (including phenoxy) is 1. The average Bonchev–Trinajstić information content (AvgIpc) is 2.74. The largest absolute Gasteiger partial charge is 0.444 e. The van der Waals surface area contributed by atoms with Crippen molar-refractivity contribution in [2.75, 3.05) is 6.54 Å². The number of alkyl carbamates (subject to hydrolysis) is 1. The van der Waals surface area contributed by atoms with Crippen LogP contribution in [0.4, 0.5) is 4.79 Å². The molecule has 0 aromatic heterocycles. The molecule has 2 unspecified atom stereocenters. The summed E-state index contributed by atoms with van der Waals surface area (Å²) in [4.78, 5) is 53.7. The molecule has 0 saturated carbocycles. The predicted octanol–water partition coefficient (Wildman–Crippen LogP) is 4.44. The van der Waals surface area contributed by atoms with Gasteiger partial charge in [-0.1, -0.05) is 43.5 Å². The molecule has 0 heterocycles. The van der Waals surface area contributed by atoms with Gasteiger partial charge < -0.3 is 26.0 Å². The van der Waals surface area contributed by atoms with Crippen molar-refractivity contribution in [3.63, 3.8) is 0 Å². The van der Waals surface area contributed by atoms with Crippen LogP contribution in [0.2, 0.25) is 0 Å². The number of carbonyl (C=O) groups excluding carboxylic acids is 4. The van der Waals surface area contributed by atoms with Crippen LogP contribution in [0.1, 0.15) is 103 Å². The van der Waals surface area contributed by atoms with Crippen LogP contribution in [0.3, 0.4) is 0 Å².